The number of rotatable bonds is 5. The quantitative estimate of drug-likeness (QED) is 0.879. The fraction of sp³-hybridized carbons (Fsp3) is 0.286. The largest absolute Gasteiger partial charge is 0.497 e. The number of aromatic nitrogens is 1. The molecule has 1 aromatic heterocycles. The van der Waals surface area contributed by atoms with E-state index in [-0.39, 0.29) is 6.42 Å². The summed E-state index contributed by atoms with van der Waals surface area (Å²) in [6, 6.07) is 7.75. The van der Waals surface area contributed by atoms with Gasteiger partial charge in [0.2, 0.25) is 0 Å². The number of carboxylic acids is 1. The van der Waals surface area contributed by atoms with Crippen LogP contribution in [0.3, 0.4) is 0 Å². The lowest BCUT2D eigenvalue weighted by Gasteiger charge is -2.06. The molecule has 2 aromatic rings. The third-order valence-corrected chi connectivity index (χ3v) is 2.86. The molecular formula is C14H15NO3. The second kappa shape index (κ2) is 5.49. The standard InChI is InChI=1S/C14H15NO3/c1-18-11-5-6-12-10(9-11)7-8-15-13(12)3-2-4-14(16)17/h5-9H,2-4H2,1H3,(H,16,17). The van der Waals surface area contributed by atoms with E-state index in [1.807, 2.05) is 24.3 Å². The Kier molecular flexibility index (Phi) is 3.77. The summed E-state index contributed by atoms with van der Waals surface area (Å²) in [5, 5.41) is 10.8. The molecule has 0 radical (unpaired) electrons. The first kappa shape index (κ1) is 12.4. The lowest BCUT2D eigenvalue weighted by atomic mass is 10.1. The van der Waals surface area contributed by atoms with Crippen LogP contribution in [-0.2, 0) is 11.2 Å². The van der Waals surface area contributed by atoms with Crippen molar-refractivity contribution >= 4 is 16.7 Å². The van der Waals surface area contributed by atoms with Crippen molar-refractivity contribution in [3.8, 4) is 5.75 Å². The summed E-state index contributed by atoms with van der Waals surface area (Å²) >= 11 is 0. The second-order valence-electron chi connectivity index (χ2n) is 4.09. The predicted octanol–water partition coefficient (Wildman–Crippen LogP) is 2.65. The van der Waals surface area contributed by atoms with Crippen LogP contribution in [0.4, 0.5) is 0 Å². The first-order valence-corrected chi connectivity index (χ1v) is 5.84. The van der Waals surface area contributed by atoms with Crippen molar-refractivity contribution in [3.63, 3.8) is 0 Å². The molecule has 0 unspecified atom stereocenters. The molecule has 0 amide bonds. The number of hydrogen-bond donors (Lipinski definition) is 1. The van der Waals surface area contributed by atoms with E-state index in [1.54, 1.807) is 13.3 Å². The predicted molar refractivity (Wildman–Crippen MR) is 68.9 cm³/mol. The zero-order valence-electron chi connectivity index (χ0n) is 10.2. The Bertz CT molecular complexity index is 566. The maximum Gasteiger partial charge on any atom is 0.303 e. The Balaban J connectivity index is 2.25. The molecule has 4 heteroatoms. The van der Waals surface area contributed by atoms with E-state index in [4.69, 9.17) is 9.84 Å². The molecule has 0 spiro atoms. The summed E-state index contributed by atoms with van der Waals surface area (Å²) < 4.78 is 5.18. The molecule has 0 fully saturated rings. The third kappa shape index (κ3) is 2.77. The van der Waals surface area contributed by atoms with Gasteiger partial charge in [0.15, 0.2) is 0 Å². The van der Waals surface area contributed by atoms with Gasteiger partial charge in [0, 0.05) is 23.7 Å². The maximum atomic E-state index is 10.5. The molecule has 1 N–H and O–H groups in total. The van der Waals surface area contributed by atoms with Gasteiger partial charge in [-0.05, 0) is 42.5 Å². The van der Waals surface area contributed by atoms with Crippen LogP contribution < -0.4 is 4.74 Å². The van der Waals surface area contributed by atoms with Crippen LogP contribution in [0.1, 0.15) is 18.5 Å². The molecule has 18 heavy (non-hydrogen) atoms. The topological polar surface area (TPSA) is 59.4 Å². The molecule has 0 atom stereocenters. The molecule has 1 heterocycles. The van der Waals surface area contributed by atoms with E-state index in [1.165, 1.54) is 0 Å². The number of hydrogen-bond acceptors (Lipinski definition) is 3. The van der Waals surface area contributed by atoms with Gasteiger partial charge in [-0.2, -0.15) is 0 Å². The molecule has 0 bridgehead atoms. The number of benzene rings is 1. The maximum absolute atomic E-state index is 10.5. The number of ether oxygens (including phenoxy) is 1. The number of pyridine rings is 1. The first-order chi connectivity index (χ1) is 8.70. The molecule has 0 aliphatic carbocycles. The molecule has 0 saturated heterocycles. The summed E-state index contributed by atoms with van der Waals surface area (Å²) in [4.78, 5) is 14.8. The van der Waals surface area contributed by atoms with Gasteiger partial charge in [-0.15, -0.1) is 0 Å². The van der Waals surface area contributed by atoms with Gasteiger partial charge in [-0.1, -0.05) is 0 Å². The number of aryl methyl sites for hydroxylation is 1. The van der Waals surface area contributed by atoms with Crippen LogP contribution in [0.25, 0.3) is 10.8 Å². The van der Waals surface area contributed by atoms with Gasteiger partial charge in [0.05, 0.1) is 7.11 Å². The van der Waals surface area contributed by atoms with Crippen molar-refractivity contribution in [2.24, 2.45) is 0 Å². The van der Waals surface area contributed by atoms with Crippen LogP contribution in [-0.4, -0.2) is 23.2 Å². The van der Waals surface area contributed by atoms with Gasteiger partial charge in [0.1, 0.15) is 5.75 Å². The highest BCUT2D eigenvalue weighted by molar-refractivity contribution is 5.85. The first-order valence-electron chi connectivity index (χ1n) is 5.84. The minimum absolute atomic E-state index is 0.175. The number of nitrogens with zero attached hydrogens (tertiary/aromatic N) is 1. The Hall–Kier alpha value is -2.10. The summed E-state index contributed by atoms with van der Waals surface area (Å²) in [5.41, 5.74) is 0.941. The van der Waals surface area contributed by atoms with Gasteiger partial charge in [-0.3, -0.25) is 9.78 Å². The van der Waals surface area contributed by atoms with Gasteiger partial charge < -0.3 is 9.84 Å². The van der Waals surface area contributed by atoms with Crippen LogP contribution in [0.2, 0.25) is 0 Å². The zero-order valence-corrected chi connectivity index (χ0v) is 10.2. The lowest BCUT2D eigenvalue weighted by Crippen LogP contribution is -1.98. The Morgan fingerprint density at radius 3 is 2.94 bits per heavy atom. The number of aliphatic carboxylic acids is 1. The molecule has 0 aliphatic heterocycles. The summed E-state index contributed by atoms with van der Waals surface area (Å²) in [6.45, 7) is 0. The number of carbonyl (C=O) groups is 1. The normalized spacial score (nSPS) is 10.5. The third-order valence-electron chi connectivity index (χ3n) is 2.86. The van der Waals surface area contributed by atoms with Crippen LogP contribution in [0.15, 0.2) is 30.5 Å². The van der Waals surface area contributed by atoms with Crippen molar-refractivity contribution < 1.29 is 14.6 Å². The zero-order chi connectivity index (χ0) is 13.0. The van der Waals surface area contributed by atoms with E-state index in [0.717, 1.165) is 22.2 Å². The van der Waals surface area contributed by atoms with Crippen molar-refractivity contribution in [2.75, 3.05) is 7.11 Å². The Labute approximate surface area is 105 Å². The monoisotopic (exact) mass is 245 g/mol. The SMILES string of the molecule is COc1ccc2c(CCCC(=O)O)nccc2c1. The molecule has 4 nitrogen and oxygen atoms in total. The summed E-state index contributed by atoms with van der Waals surface area (Å²) in [5.74, 6) is 0.0436. The second-order valence-corrected chi connectivity index (χ2v) is 4.09. The molecule has 0 aliphatic rings. The summed E-state index contributed by atoms with van der Waals surface area (Å²) in [7, 11) is 1.64. The van der Waals surface area contributed by atoms with Crippen LogP contribution >= 0.6 is 0 Å². The van der Waals surface area contributed by atoms with E-state index in [9.17, 15) is 4.79 Å². The molecule has 1 aromatic carbocycles. The smallest absolute Gasteiger partial charge is 0.303 e. The van der Waals surface area contributed by atoms with Gasteiger partial charge in [-0.25, -0.2) is 0 Å². The molecule has 2 rings (SSSR count). The highest BCUT2D eigenvalue weighted by Gasteiger charge is 2.05. The van der Waals surface area contributed by atoms with E-state index >= 15 is 0 Å². The average molecular weight is 245 g/mol. The van der Waals surface area contributed by atoms with Crippen LogP contribution in [0.5, 0.6) is 5.75 Å². The number of carboxylic acid groups (broad SMARTS) is 1. The van der Waals surface area contributed by atoms with Crippen LogP contribution in [0, 0.1) is 0 Å². The molecule has 0 saturated carbocycles. The van der Waals surface area contributed by atoms with Crippen molar-refractivity contribution in [1.82, 2.24) is 4.98 Å². The fourth-order valence-corrected chi connectivity index (χ4v) is 1.95. The minimum Gasteiger partial charge on any atom is -0.497 e. The average Bonchev–Trinajstić information content (AvgIpc) is 2.38. The van der Waals surface area contributed by atoms with E-state index in [2.05, 4.69) is 4.98 Å². The summed E-state index contributed by atoms with van der Waals surface area (Å²) in [6.07, 6.45) is 3.20. The lowest BCUT2D eigenvalue weighted by molar-refractivity contribution is -0.137. The van der Waals surface area contributed by atoms with Crippen molar-refractivity contribution in [1.29, 1.82) is 0 Å². The van der Waals surface area contributed by atoms with Crippen molar-refractivity contribution in [3.05, 3.63) is 36.2 Å². The van der Waals surface area contributed by atoms with E-state index in [0.29, 0.717) is 12.8 Å². The molecule has 94 valence electrons. The number of fused-ring (bicyclic) bond motifs is 1. The fourth-order valence-electron chi connectivity index (χ4n) is 1.95. The van der Waals surface area contributed by atoms with Gasteiger partial charge in [0.25, 0.3) is 0 Å². The molecular weight excluding hydrogens is 230 g/mol. The highest BCUT2D eigenvalue weighted by atomic mass is 16.5. The Morgan fingerprint density at radius 1 is 1.39 bits per heavy atom. The Morgan fingerprint density at radius 2 is 2.22 bits per heavy atom. The highest BCUT2D eigenvalue weighted by Crippen LogP contribution is 2.23. The van der Waals surface area contributed by atoms with Crippen molar-refractivity contribution in [2.45, 2.75) is 19.3 Å². The minimum atomic E-state index is -0.767. The van der Waals surface area contributed by atoms with Gasteiger partial charge >= 0.3 is 5.97 Å². The van der Waals surface area contributed by atoms with E-state index < -0.39 is 5.97 Å². The number of methoxy groups -OCH3 is 1.